The third kappa shape index (κ3) is 2.03. The molecule has 1 aliphatic heterocycles. The van der Waals surface area contributed by atoms with Crippen molar-refractivity contribution in [1.29, 1.82) is 0 Å². The SMILES string of the molecule is O=C(O)C1CCCN1C1CCc2ccccc2C1. The maximum Gasteiger partial charge on any atom is 0.320 e. The van der Waals surface area contributed by atoms with Crippen molar-refractivity contribution in [2.45, 2.75) is 44.2 Å². The molecule has 1 N–H and O–H groups in total. The first-order chi connectivity index (χ1) is 8.75. The fraction of sp³-hybridized carbons (Fsp3) is 0.533. The summed E-state index contributed by atoms with van der Waals surface area (Å²) in [5, 5.41) is 9.27. The average molecular weight is 245 g/mol. The fourth-order valence-electron chi connectivity index (χ4n) is 3.45. The number of nitrogens with zero attached hydrogens (tertiary/aromatic N) is 1. The lowest BCUT2D eigenvalue weighted by atomic mass is 9.87. The second kappa shape index (κ2) is 4.73. The molecule has 1 aromatic rings. The Morgan fingerprint density at radius 3 is 2.78 bits per heavy atom. The molecule has 0 spiro atoms. The van der Waals surface area contributed by atoms with Gasteiger partial charge in [-0.3, -0.25) is 9.69 Å². The van der Waals surface area contributed by atoms with E-state index < -0.39 is 5.97 Å². The van der Waals surface area contributed by atoms with Crippen molar-refractivity contribution in [3.8, 4) is 0 Å². The number of aliphatic carboxylic acids is 1. The van der Waals surface area contributed by atoms with Crippen molar-refractivity contribution >= 4 is 5.97 Å². The summed E-state index contributed by atoms with van der Waals surface area (Å²) < 4.78 is 0. The summed E-state index contributed by atoms with van der Waals surface area (Å²) in [6.45, 7) is 0.948. The molecule has 96 valence electrons. The smallest absolute Gasteiger partial charge is 0.320 e. The molecule has 18 heavy (non-hydrogen) atoms. The first-order valence-electron chi connectivity index (χ1n) is 6.81. The second-order valence-corrected chi connectivity index (χ2v) is 5.40. The molecule has 0 aromatic heterocycles. The molecule has 2 aliphatic rings. The zero-order chi connectivity index (χ0) is 12.5. The van der Waals surface area contributed by atoms with Gasteiger partial charge in [-0.2, -0.15) is 0 Å². The van der Waals surface area contributed by atoms with Gasteiger partial charge in [-0.15, -0.1) is 0 Å². The van der Waals surface area contributed by atoms with Gasteiger partial charge >= 0.3 is 5.97 Å². The maximum absolute atomic E-state index is 11.3. The molecule has 0 saturated carbocycles. The lowest BCUT2D eigenvalue weighted by molar-refractivity contribution is -0.143. The predicted octanol–water partition coefficient (Wildman–Crippen LogP) is 2.09. The van der Waals surface area contributed by atoms with E-state index in [-0.39, 0.29) is 6.04 Å². The summed E-state index contributed by atoms with van der Waals surface area (Å²) in [6.07, 6.45) is 5.03. The van der Waals surface area contributed by atoms with E-state index in [1.54, 1.807) is 0 Å². The first-order valence-corrected chi connectivity index (χ1v) is 6.81. The Bertz CT molecular complexity index is 458. The zero-order valence-corrected chi connectivity index (χ0v) is 10.5. The number of aryl methyl sites for hydroxylation is 1. The van der Waals surface area contributed by atoms with Crippen LogP contribution in [-0.2, 0) is 17.6 Å². The van der Waals surface area contributed by atoms with Crippen molar-refractivity contribution in [1.82, 2.24) is 4.90 Å². The Balaban J connectivity index is 1.77. The number of hydrogen-bond donors (Lipinski definition) is 1. The van der Waals surface area contributed by atoms with Crippen molar-refractivity contribution in [3.05, 3.63) is 35.4 Å². The standard InChI is InChI=1S/C15H19NO2/c17-15(18)14-6-3-9-16(14)13-8-7-11-4-1-2-5-12(11)10-13/h1-2,4-5,13-14H,3,6-10H2,(H,17,18). The zero-order valence-electron chi connectivity index (χ0n) is 10.5. The van der Waals surface area contributed by atoms with Crippen LogP contribution in [0.5, 0.6) is 0 Å². The molecule has 0 radical (unpaired) electrons. The van der Waals surface area contributed by atoms with Crippen molar-refractivity contribution < 1.29 is 9.90 Å². The van der Waals surface area contributed by atoms with E-state index in [2.05, 4.69) is 29.2 Å². The van der Waals surface area contributed by atoms with Crippen LogP contribution < -0.4 is 0 Å². The molecule has 1 fully saturated rings. The van der Waals surface area contributed by atoms with Gasteiger partial charge in [0.25, 0.3) is 0 Å². The van der Waals surface area contributed by atoms with Crippen LogP contribution in [0.2, 0.25) is 0 Å². The highest BCUT2D eigenvalue weighted by molar-refractivity contribution is 5.73. The average Bonchev–Trinajstić information content (AvgIpc) is 2.87. The normalized spacial score (nSPS) is 28.0. The van der Waals surface area contributed by atoms with Crippen LogP contribution in [-0.4, -0.2) is 34.6 Å². The highest BCUT2D eigenvalue weighted by Gasteiger charge is 2.36. The number of benzene rings is 1. The number of carboxylic acid groups (broad SMARTS) is 1. The van der Waals surface area contributed by atoms with Crippen LogP contribution in [0.15, 0.2) is 24.3 Å². The molecule has 0 amide bonds. The van der Waals surface area contributed by atoms with Crippen molar-refractivity contribution in [2.75, 3.05) is 6.54 Å². The Labute approximate surface area is 107 Å². The number of carboxylic acids is 1. The molecule has 3 heteroatoms. The van der Waals surface area contributed by atoms with E-state index >= 15 is 0 Å². The minimum atomic E-state index is -0.647. The van der Waals surface area contributed by atoms with Crippen LogP contribution in [0.4, 0.5) is 0 Å². The lowest BCUT2D eigenvalue weighted by Gasteiger charge is -2.34. The molecular formula is C15H19NO2. The highest BCUT2D eigenvalue weighted by atomic mass is 16.4. The fourth-order valence-corrected chi connectivity index (χ4v) is 3.45. The lowest BCUT2D eigenvalue weighted by Crippen LogP contribution is -2.45. The van der Waals surface area contributed by atoms with Gasteiger partial charge in [-0.25, -0.2) is 0 Å². The van der Waals surface area contributed by atoms with Gasteiger partial charge in [0.15, 0.2) is 0 Å². The van der Waals surface area contributed by atoms with Crippen LogP contribution in [0.3, 0.4) is 0 Å². The van der Waals surface area contributed by atoms with Gasteiger partial charge in [-0.05, 0) is 49.8 Å². The molecule has 0 bridgehead atoms. The Morgan fingerprint density at radius 2 is 2.00 bits per heavy atom. The summed E-state index contributed by atoms with van der Waals surface area (Å²) in [5.41, 5.74) is 2.85. The van der Waals surface area contributed by atoms with Gasteiger partial charge < -0.3 is 5.11 Å². The van der Waals surface area contributed by atoms with Crippen molar-refractivity contribution in [3.63, 3.8) is 0 Å². The molecular weight excluding hydrogens is 226 g/mol. The molecule has 2 unspecified atom stereocenters. The van der Waals surface area contributed by atoms with Gasteiger partial charge in [0, 0.05) is 6.04 Å². The van der Waals surface area contributed by atoms with Crippen molar-refractivity contribution in [2.24, 2.45) is 0 Å². The largest absolute Gasteiger partial charge is 0.480 e. The van der Waals surface area contributed by atoms with E-state index in [1.165, 1.54) is 11.1 Å². The Morgan fingerprint density at radius 1 is 1.22 bits per heavy atom. The maximum atomic E-state index is 11.3. The van der Waals surface area contributed by atoms with Gasteiger partial charge in [0.2, 0.25) is 0 Å². The highest BCUT2D eigenvalue weighted by Crippen LogP contribution is 2.29. The second-order valence-electron chi connectivity index (χ2n) is 5.40. The summed E-state index contributed by atoms with van der Waals surface area (Å²) in [5.74, 6) is -0.647. The summed E-state index contributed by atoms with van der Waals surface area (Å²) in [6, 6.07) is 8.73. The topological polar surface area (TPSA) is 40.5 Å². The molecule has 1 aliphatic carbocycles. The molecule has 3 nitrogen and oxygen atoms in total. The van der Waals surface area contributed by atoms with Crippen LogP contribution in [0.25, 0.3) is 0 Å². The Kier molecular flexibility index (Phi) is 3.08. The minimum Gasteiger partial charge on any atom is -0.480 e. The van der Waals surface area contributed by atoms with E-state index in [4.69, 9.17) is 0 Å². The Hall–Kier alpha value is -1.35. The summed E-state index contributed by atoms with van der Waals surface area (Å²) in [4.78, 5) is 13.5. The van der Waals surface area contributed by atoms with Gasteiger partial charge in [0.05, 0.1) is 0 Å². The molecule has 1 heterocycles. The summed E-state index contributed by atoms with van der Waals surface area (Å²) >= 11 is 0. The number of fused-ring (bicyclic) bond motifs is 1. The minimum absolute atomic E-state index is 0.250. The number of hydrogen-bond acceptors (Lipinski definition) is 2. The third-order valence-electron chi connectivity index (χ3n) is 4.37. The number of rotatable bonds is 2. The van der Waals surface area contributed by atoms with E-state index in [9.17, 15) is 9.90 Å². The molecule has 2 atom stereocenters. The molecule has 1 saturated heterocycles. The third-order valence-corrected chi connectivity index (χ3v) is 4.37. The molecule has 1 aromatic carbocycles. The quantitative estimate of drug-likeness (QED) is 0.867. The van der Waals surface area contributed by atoms with E-state index in [0.29, 0.717) is 6.04 Å². The van der Waals surface area contributed by atoms with E-state index in [0.717, 1.165) is 38.6 Å². The van der Waals surface area contributed by atoms with Crippen LogP contribution in [0.1, 0.15) is 30.4 Å². The van der Waals surface area contributed by atoms with E-state index in [1.807, 2.05) is 0 Å². The summed E-state index contributed by atoms with van der Waals surface area (Å²) in [7, 11) is 0. The van der Waals surface area contributed by atoms with Gasteiger partial charge in [-0.1, -0.05) is 24.3 Å². The number of carbonyl (C=O) groups is 1. The first kappa shape index (κ1) is 11.7. The number of likely N-dealkylation sites (tertiary alicyclic amines) is 1. The van der Waals surface area contributed by atoms with Crippen LogP contribution >= 0.6 is 0 Å². The molecule has 3 rings (SSSR count). The predicted molar refractivity (Wildman–Crippen MR) is 69.6 cm³/mol. The monoisotopic (exact) mass is 245 g/mol. The van der Waals surface area contributed by atoms with Gasteiger partial charge in [0.1, 0.15) is 6.04 Å². The van der Waals surface area contributed by atoms with Crippen LogP contribution in [0, 0.1) is 0 Å².